The molecule has 170 valence electrons. The fourth-order valence-corrected chi connectivity index (χ4v) is 4.87. The van der Waals surface area contributed by atoms with Gasteiger partial charge in [-0.15, -0.1) is 24.0 Å². The van der Waals surface area contributed by atoms with Gasteiger partial charge in [0.15, 0.2) is 5.96 Å². The van der Waals surface area contributed by atoms with Gasteiger partial charge in [-0.1, -0.05) is 19.1 Å². The molecule has 1 heterocycles. The maximum absolute atomic E-state index is 12.3. The molecule has 1 aliphatic heterocycles. The molecule has 1 aromatic carbocycles. The lowest BCUT2D eigenvalue weighted by Gasteiger charge is -2.32. The van der Waals surface area contributed by atoms with E-state index in [0.29, 0.717) is 17.5 Å². The molecule has 1 aliphatic carbocycles. The van der Waals surface area contributed by atoms with Gasteiger partial charge in [0.25, 0.3) is 0 Å². The molecule has 1 aromatic rings. The molecule has 3 rings (SSSR count). The third kappa shape index (κ3) is 7.97. The van der Waals surface area contributed by atoms with E-state index in [-0.39, 0.29) is 30.0 Å². The van der Waals surface area contributed by atoms with E-state index < -0.39 is 10.0 Å². The van der Waals surface area contributed by atoms with Gasteiger partial charge in [-0.3, -0.25) is 0 Å². The number of benzene rings is 1. The van der Waals surface area contributed by atoms with Crippen LogP contribution in [-0.2, 0) is 16.6 Å². The molecule has 0 atom stereocenters. The molecule has 1 saturated carbocycles. The Labute approximate surface area is 198 Å². The van der Waals surface area contributed by atoms with Crippen molar-refractivity contribution in [1.82, 2.24) is 20.3 Å². The standard InChI is InChI=1S/C21H35N5O2S.HI/c1-3-13-26-14-11-18(12-15-26)24-21(22-4-2)23-16-17-5-9-20(10-6-17)29(27,28)25-19-7-8-19;/h5-6,9-10,18-19,25H,3-4,7-8,11-16H2,1-2H3,(H2,22,23,24);1H. The average Bonchev–Trinajstić information content (AvgIpc) is 3.52. The van der Waals surface area contributed by atoms with Crippen molar-refractivity contribution >= 4 is 40.0 Å². The number of aliphatic imine (C=N–C) groups is 1. The topological polar surface area (TPSA) is 85.8 Å². The Hall–Kier alpha value is -0.910. The summed E-state index contributed by atoms with van der Waals surface area (Å²) in [4.78, 5) is 7.54. The van der Waals surface area contributed by atoms with Gasteiger partial charge in [0, 0.05) is 31.7 Å². The van der Waals surface area contributed by atoms with E-state index in [1.165, 1.54) is 13.0 Å². The van der Waals surface area contributed by atoms with Gasteiger partial charge in [-0.05, 0) is 63.3 Å². The van der Waals surface area contributed by atoms with Crippen molar-refractivity contribution < 1.29 is 8.42 Å². The maximum atomic E-state index is 12.3. The van der Waals surface area contributed by atoms with Crippen LogP contribution in [0.1, 0.15) is 51.5 Å². The largest absolute Gasteiger partial charge is 0.357 e. The van der Waals surface area contributed by atoms with Gasteiger partial charge in [0.05, 0.1) is 11.4 Å². The molecule has 2 fully saturated rings. The molecular weight excluding hydrogens is 513 g/mol. The number of nitrogens with one attached hydrogen (secondary N) is 3. The highest BCUT2D eigenvalue weighted by atomic mass is 127. The van der Waals surface area contributed by atoms with Crippen molar-refractivity contribution in [2.24, 2.45) is 4.99 Å². The van der Waals surface area contributed by atoms with Gasteiger partial charge in [-0.2, -0.15) is 0 Å². The minimum absolute atomic E-state index is 0. The minimum atomic E-state index is -3.40. The zero-order valence-electron chi connectivity index (χ0n) is 18.1. The van der Waals surface area contributed by atoms with Crippen molar-refractivity contribution in [3.63, 3.8) is 0 Å². The molecule has 0 aromatic heterocycles. The summed E-state index contributed by atoms with van der Waals surface area (Å²) in [7, 11) is -3.40. The second kappa shape index (κ2) is 12.2. The number of halogens is 1. The number of nitrogens with zero attached hydrogens (tertiary/aromatic N) is 2. The number of likely N-dealkylation sites (tertiary alicyclic amines) is 1. The third-order valence-corrected chi connectivity index (χ3v) is 6.90. The van der Waals surface area contributed by atoms with Crippen molar-refractivity contribution in [3.05, 3.63) is 29.8 Å². The predicted octanol–water partition coefficient (Wildman–Crippen LogP) is 2.67. The fraction of sp³-hybridized carbons (Fsp3) is 0.667. The van der Waals surface area contributed by atoms with Crippen molar-refractivity contribution in [2.75, 3.05) is 26.2 Å². The molecule has 7 nitrogen and oxygen atoms in total. The summed E-state index contributed by atoms with van der Waals surface area (Å²) >= 11 is 0. The highest BCUT2D eigenvalue weighted by molar-refractivity contribution is 14.0. The van der Waals surface area contributed by atoms with Crippen LogP contribution < -0.4 is 15.4 Å². The fourth-order valence-electron chi connectivity index (χ4n) is 3.56. The second-order valence-electron chi connectivity index (χ2n) is 7.99. The summed E-state index contributed by atoms with van der Waals surface area (Å²) in [5.74, 6) is 0.827. The Balaban J connectivity index is 0.00000320. The van der Waals surface area contributed by atoms with Crippen LogP contribution in [0.25, 0.3) is 0 Å². The molecule has 2 aliphatic rings. The van der Waals surface area contributed by atoms with Gasteiger partial charge in [0.1, 0.15) is 0 Å². The molecule has 0 spiro atoms. The van der Waals surface area contributed by atoms with Gasteiger partial charge >= 0.3 is 0 Å². The normalized spacial score (nSPS) is 18.7. The maximum Gasteiger partial charge on any atom is 0.240 e. The third-order valence-electron chi connectivity index (χ3n) is 5.37. The molecule has 0 radical (unpaired) electrons. The Bertz CT molecular complexity index is 773. The van der Waals surface area contributed by atoms with Crippen LogP contribution in [0.15, 0.2) is 34.2 Å². The van der Waals surface area contributed by atoms with Crippen molar-refractivity contribution in [2.45, 2.75) is 69.5 Å². The van der Waals surface area contributed by atoms with E-state index in [0.717, 1.165) is 56.8 Å². The summed E-state index contributed by atoms with van der Waals surface area (Å²) in [6.45, 7) is 9.07. The summed E-state index contributed by atoms with van der Waals surface area (Å²) in [5, 5.41) is 6.88. The molecule has 30 heavy (non-hydrogen) atoms. The van der Waals surface area contributed by atoms with Crippen LogP contribution in [0.2, 0.25) is 0 Å². The first-order valence-corrected chi connectivity index (χ1v) is 12.4. The number of hydrogen-bond acceptors (Lipinski definition) is 4. The van der Waals surface area contributed by atoms with E-state index in [1.807, 2.05) is 12.1 Å². The van der Waals surface area contributed by atoms with E-state index >= 15 is 0 Å². The minimum Gasteiger partial charge on any atom is -0.357 e. The van der Waals surface area contributed by atoms with E-state index in [4.69, 9.17) is 4.99 Å². The highest BCUT2D eigenvalue weighted by Crippen LogP contribution is 2.22. The van der Waals surface area contributed by atoms with Crippen LogP contribution in [0.5, 0.6) is 0 Å². The quantitative estimate of drug-likeness (QED) is 0.251. The van der Waals surface area contributed by atoms with Gasteiger partial charge < -0.3 is 15.5 Å². The molecule has 1 saturated heterocycles. The zero-order valence-corrected chi connectivity index (χ0v) is 21.2. The monoisotopic (exact) mass is 549 g/mol. The number of rotatable bonds is 9. The lowest BCUT2D eigenvalue weighted by atomic mass is 10.1. The van der Waals surface area contributed by atoms with E-state index in [2.05, 4.69) is 34.1 Å². The SMILES string of the molecule is CCCN1CCC(NC(=NCc2ccc(S(=O)(=O)NC3CC3)cc2)NCC)CC1.I. The predicted molar refractivity (Wildman–Crippen MR) is 133 cm³/mol. The lowest BCUT2D eigenvalue weighted by molar-refractivity contribution is 0.206. The van der Waals surface area contributed by atoms with Crippen LogP contribution in [0.3, 0.4) is 0 Å². The summed E-state index contributed by atoms with van der Waals surface area (Å²) in [6, 6.07) is 7.59. The second-order valence-corrected chi connectivity index (χ2v) is 9.71. The van der Waals surface area contributed by atoms with Crippen LogP contribution in [0.4, 0.5) is 0 Å². The van der Waals surface area contributed by atoms with Crippen LogP contribution in [-0.4, -0.2) is 57.5 Å². The number of guanidine groups is 1. The molecule has 0 amide bonds. The Kier molecular flexibility index (Phi) is 10.3. The smallest absolute Gasteiger partial charge is 0.240 e. The summed E-state index contributed by atoms with van der Waals surface area (Å²) in [5.41, 5.74) is 0.991. The van der Waals surface area contributed by atoms with Crippen LogP contribution in [0, 0.1) is 0 Å². The number of sulfonamides is 1. The Morgan fingerprint density at radius 2 is 1.73 bits per heavy atom. The van der Waals surface area contributed by atoms with Crippen molar-refractivity contribution in [3.8, 4) is 0 Å². The number of piperidine rings is 1. The molecule has 0 unspecified atom stereocenters. The summed E-state index contributed by atoms with van der Waals surface area (Å²) in [6.07, 6.45) is 5.34. The van der Waals surface area contributed by atoms with Crippen LogP contribution >= 0.6 is 24.0 Å². The number of hydrogen-bond donors (Lipinski definition) is 3. The van der Waals surface area contributed by atoms with Crippen molar-refractivity contribution in [1.29, 1.82) is 0 Å². The lowest BCUT2D eigenvalue weighted by Crippen LogP contribution is -2.48. The Morgan fingerprint density at radius 1 is 1.07 bits per heavy atom. The molecule has 9 heteroatoms. The first kappa shape index (κ1) is 25.4. The van der Waals surface area contributed by atoms with E-state index in [9.17, 15) is 8.42 Å². The molecule has 3 N–H and O–H groups in total. The first-order valence-electron chi connectivity index (χ1n) is 10.9. The van der Waals surface area contributed by atoms with E-state index in [1.54, 1.807) is 12.1 Å². The molecule has 0 bridgehead atoms. The summed E-state index contributed by atoms with van der Waals surface area (Å²) < 4.78 is 27.2. The zero-order chi connectivity index (χ0) is 20.7. The Morgan fingerprint density at radius 3 is 2.30 bits per heavy atom. The highest BCUT2D eigenvalue weighted by Gasteiger charge is 2.27. The average molecular weight is 550 g/mol. The van der Waals surface area contributed by atoms with Gasteiger partial charge in [-0.25, -0.2) is 18.1 Å². The first-order chi connectivity index (χ1) is 14.0. The van der Waals surface area contributed by atoms with Gasteiger partial charge in [0.2, 0.25) is 10.0 Å². The molecular formula is C21H36IN5O2S.